The summed E-state index contributed by atoms with van der Waals surface area (Å²) in [4.78, 5) is 15.2. The Labute approximate surface area is 120 Å². The van der Waals surface area contributed by atoms with Crippen molar-refractivity contribution >= 4 is 18.5 Å². The largest absolute Gasteiger partial charge is 0.354 e. The normalized spacial score (nSPS) is 20.2. The third-order valence-electron chi connectivity index (χ3n) is 3.76. The Kier molecular flexibility index (Phi) is 5.28. The summed E-state index contributed by atoms with van der Waals surface area (Å²) in [6.07, 6.45) is 4.18. The summed E-state index contributed by atoms with van der Waals surface area (Å²) in [7, 11) is 2.14. The van der Waals surface area contributed by atoms with Gasteiger partial charge in [-0.25, -0.2) is 0 Å². The lowest BCUT2D eigenvalue weighted by Gasteiger charge is -2.32. The molecule has 1 aliphatic heterocycles. The number of hydrogen-bond donors (Lipinski definition) is 2. The van der Waals surface area contributed by atoms with E-state index in [4.69, 9.17) is 0 Å². The molecule has 104 valence electrons. The van der Waals surface area contributed by atoms with E-state index in [9.17, 15) is 4.79 Å². The number of hydrogen-bond acceptors (Lipinski definition) is 3. The number of carbonyl (C=O) groups is 1. The highest BCUT2D eigenvalue weighted by Gasteiger charge is 2.19. The fourth-order valence-corrected chi connectivity index (χ4v) is 2.64. The smallest absolute Gasteiger partial charge is 0.224 e. The number of piperidine rings is 1. The highest BCUT2D eigenvalue weighted by Crippen LogP contribution is 2.14. The van der Waals surface area contributed by atoms with Gasteiger partial charge < -0.3 is 10.2 Å². The van der Waals surface area contributed by atoms with Crippen LogP contribution in [-0.2, 0) is 11.2 Å². The molecule has 0 radical (unpaired) electrons. The number of amides is 1. The molecule has 1 aliphatic rings. The molecule has 2 rings (SSSR count). The lowest BCUT2D eigenvalue weighted by molar-refractivity contribution is -0.120. The second-order valence-electron chi connectivity index (χ2n) is 5.28. The number of nitrogens with zero attached hydrogens (tertiary/aromatic N) is 1. The van der Waals surface area contributed by atoms with Gasteiger partial charge in [0.2, 0.25) is 5.91 Å². The molecule has 0 spiro atoms. The zero-order valence-corrected chi connectivity index (χ0v) is 12.3. The Morgan fingerprint density at radius 1 is 1.37 bits per heavy atom. The van der Waals surface area contributed by atoms with Crippen molar-refractivity contribution in [1.29, 1.82) is 0 Å². The minimum absolute atomic E-state index is 0.103. The average molecular weight is 278 g/mol. The predicted molar refractivity (Wildman–Crippen MR) is 80.7 cm³/mol. The van der Waals surface area contributed by atoms with Crippen LogP contribution < -0.4 is 5.32 Å². The van der Waals surface area contributed by atoms with Crippen LogP contribution in [0.15, 0.2) is 29.2 Å². The molecule has 1 N–H and O–H groups in total. The van der Waals surface area contributed by atoms with Crippen LogP contribution in [0.5, 0.6) is 0 Å². The quantitative estimate of drug-likeness (QED) is 0.827. The Bertz CT molecular complexity index is 419. The standard InChI is InChI=1S/C15H22N2OS/c1-17-9-3-2-4-13(17)11-16-15(18)10-12-5-7-14(19)8-6-12/h5-8,13,19H,2-4,9-11H2,1H3,(H,16,18). The lowest BCUT2D eigenvalue weighted by Crippen LogP contribution is -2.44. The van der Waals surface area contributed by atoms with Gasteiger partial charge in [-0.15, -0.1) is 12.6 Å². The molecular weight excluding hydrogens is 256 g/mol. The number of likely N-dealkylation sites (tertiary alicyclic amines) is 1. The minimum Gasteiger partial charge on any atom is -0.354 e. The maximum atomic E-state index is 11.9. The first-order valence-electron chi connectivity index (χ1n) is 6.90. The Balaban J connectivity index is 1.76. The van der Waals surface area contributed by atoms with Crippen LogP contribution in [0.25, 0.3) is 0 Å². The number of thiol groups is 1. The third kappa shape index (κ3) is 4.55. The number of rotatable bonds is 4. The molecule has 1 amide bonds. The molecule has 1 aromatic carbocycles. The SMILES string of the molecule is CN1CCCCC1CNC(=O)Cc1ccc(S)cc1. The summed E-state index contributed by atoms with van der Waals surface area (Å²) in [5.74, 6) is 0.103. The summed E-state index contributed by atoms with van der Waals surface area (Å²) in [6, 6.07) is 8.24. The Morgan fingerprint density at radius 2 is 2.11 bits per heavy atom. The molecule has 1 fully saturated rings. The lowest BCUT2D eigenvalue weighted by atomic mass is 10.0. The predicted octanol–water partition coefficient (Wildman–Crippen LogP) is 2.12. The number of benzene rings is 1. The molecule has 0 saturated carbocycles. The molecule has 1 heterocycles. The van der Waals surface area contributed by atoms with Crippen molar-refractivity contribution in [3.63, 3.8) is 0 Å². The van der Waals surface area contributed by atoms with Crippen molar-refractivity contribution in [1.82, 2.24) is 10.2 Å². The summed E-state index contributed by atoms with van der Waals surface area (Å²) in [6.45, 7) is 1.91. The first-order valence-corrected chi connectivity index (χ1v) is 7.35. The van der Waals surface area contributed by atoms with E-state index in [1.54, 1.807) is 0 Å². The summed E-state index contributed by atoms with van der Waals surface area (Å²) in [5, 5.41) is 3.05. The maximum absolute atomic E-state index is 11.9. The summed E-state index contributed by atoms with van der Waals surface area (Å²) < 4.78 is 0. The van der Waals surface area contributed by atoms with E-state index >= 15 is 0 Å². The van der Waals surface area contributed by atoms with Gasteiger partial charge in [0.1, 0.15) is 0 Å². The monoisotopic (exact) mass is 278 g/mol. The van der Waals surface area contributed by atoms with Crippen molar-refractivity contribution in [3.8, 4) is 0 Å². The van der Waals surface area contributed by atoms with Crippen LogP contribution in [0.4, 0.5) is 0 Å². The highest BCUT2D eigenvalue weighted by molar-refractivity contribution is 7.80. The van der Waals surface area contributed by atoms with Crippen LogP contribution in [0.2, 0.25) is 0 Å². The number of carbonyl (C=O) groups excluding carboxylic acids is 1. The van der Waals surface area contributed by atoms with Crippen molar-refractivity contribution in [2.24, 2.45) is 0 Å². The van der Waals surface area contributed by atoms with E-state index in [1.165, 1.54) is 19.3 Å². The second-order valence-corrected chi connectivity index (χ2v) is 5.79. The molecule has 0 aromatic heterocycles. The van der Waals surface area contributed by atoms with E-state index in [1.807, 2.05) is 24.3 Å². The molecule has 1 unspecified atom stereocenters. The molecule has 1 atom stereocenters. The van der Waals surface area contributed by atoms with Crippen LogP contribution in [0.3, 0.4) is 0 Å². The fraction of sp³-hybridized carbons (Fsp3) is 0.533. The Morgan fingerprint density at radius 3 is 2.79 bits per heavy atom. The van der Waals surface area contributed by atoms with E-state index in [2.05, 4.69) is 29.9 Å². The average Bonchev–Trinajstić information content (AvgIpc) is 2.40. The van der Waals surface area contributed by atoms with Gasteiger partial charge in [0.15, 0.2) is 0 Å². The van der Waals surface area contributed by atoms with Crippen LogP contribution in [-0.4, -0.2) is 37.0 Å². The zero-order chi connectivity index (χ0) is 13.7. The van der Waals surface area contributed by atoms with Crippen LogP contribution in [0, 0.1) is 0 Å². The fourth-order valence-electron chi connectivity index (χ4n) is 2.50. The van der Waals surface area contributed by atoms with Gasteiger partial charge in [-0.2, -0.15) is 0 Å². The van der Waals surface area contributed by atoms with Gasteiger partial charge in [-0.1, -0.05) is 18.6 Å². The van der Waals surface area contributed by atoms with Crippen molar-refractivity contribution in [3.05, 3.63) is 29.8 Å². The Hall–Kier alpha value is -1.00. The van der Waals surface area contributed by atoms with E-state index in [-0.39, 0.29) is 5.91 Å². The molecule has 0 aliphatic carbocycles. The first-order chi connectivity index (χ1) is 9.15. The van der Waals surface area contributed by atoms with Gasteiger partial charge in [0.05, 0.1) is 6.42 Å². The van der Waals surface area contributed by atoms with Crippen molar-refractivity contribution in [2.75, 3.05) is 20.1 Å². The van der Waals surface area contributed by atoms with E-state index < -0.39 is 0 Å². The second kappa shape index (κ2) is 6.96. The molecule has 4 heteroatoms. The van der Waals surface area contributed by atoms with Gasteiger partial charge in [-0.05, 0) is 44.1 Å². The van der Waals surface area contributed by atoms with Gasteiger partial charge in [0.25, 0.3) is 0 Å². The van der Waals surface area contributed by atoms with Crippen molar-refractivity contribution < 1.29 is 4.79 Å². The van der Waals surface area contributed by atoms with Crippen molar-refractivity contribution in [2.45, 2.75) is 36.6 Å². The highest BCUT2D eigenvalue weighted by atomic mass is 32.1. The topological polar surface area (TPSA) is 32.3 Å². The summed E-state index contributed by atoms with van der Waals surface area (Å²) in [5.41, 5.74) is 1.03. The molecular formula is C15H22N2OS. The first kappa shape index (κ1) is 14.4. The van der Waals surface area contributed by atoms with Gasteiger partial charge in [0, 0.05) is 17.5 Å². The van der Waals surface area contributed by atoms with E-state index in [0.29, 0.717) is 12.5 Å². The van der Waals surface area contributed by atoms with Gasteiger partial charge >= 0.3 is 0 Å². The molecule has 1 aromatic rings. The number of nitrogens with one attached hydrogen (secondary N) is 1. The zero-order valence-electron chi connectivity index (χ0n) is 11.4. The number of likely N-dealkylation sites (N-methyl/N-ethyl adjacent to an activating group) is 1. The molecule has 3 nitrogen and oxygen atoms in total. The van der Waals surface area contributed by atoms with Crippen LogP contribution >= 0.6 is 12.6 Å². The minimum atomic E-state index is 0.103. The maximum Gasteiger partial charge on any atom is 0.224 e. The van der Waals surface area contributed by atoms with Gasteiger partial charge in [-0.3, -0.25) is 4.79 Å². The summed E-state index contributed by atoms with van der Waals surface area (Å²) >= 11 is 4.24. The molecule has 19 heavy (non-hydrogen) atoms. The van der Waals surface area contributed by atoms with E-state index in [0.717, 1.165) is 23.5 Å². The molecule has 1 saturated heterocycles. The third-order valence-corrected chi connectivity index (χ3v) is 4.06. The molecule has 0 bridgehead atoms. The van der Waals surface area contributed by atoms with Crippen LogP contribution in [0.1, 0.15) is 24.8 Å².